The maximum Gasteiger partial charge on any atom is 0.319 e. The van der Waals surface area contributed by atoms with E-state index in [-0.39, 0.29) is 24.6 Å². The lowest BCUT2D eigenvalue weighted by Crippen LogP contribution is -2.31. The Kier molecular flexibility index (Phi) is 6.76. The number of anilines is 1. The predicted octanol–water partition coefficient (Wildman–Crippen LogP) is 2.48. The minimum atomic E-state index is -0.305. The van der Waals surface area contributed by atoms with Gasteiger partial charge in [-0.2, -0.15) is 0 Å². The van der Waals surface area contributed by atoms with E-state index in [2.05, 4.69) is 20.9 Å². The second kappa shape index (κ2) is 9.27. The normalized spacial score (nSPS) is 11.3. The van der Waals surface area contributed by atoms with Gasteiger partial charge in [0.25, 0.3) is 5.91 Å². The molecule has 3 amide bonds. The Morgan fingerprint density at radius 2 is 1.80 bits per heavy atom. The van der Waals surface area contributed by atoms with Crippen LogP contribution in [0.2, 0.25) is 0 Å². The molecule has 1 atom stereocenters. The van der Waals surface area contributed by atoms with E-state index in [9.17, 15) is 9.59 Å². The van der Waals surface area contributed by atoms with E-state index in [0.29, 0.717) is 18.0 Å². The number of hydrogen-bond donors (Lipinski definition) is 3. The van der Waals surface area contributed by atoms with Gasteiger partial charge in [0.05, 0.1) is 6.04 Å². The number of hydrogen-bond acceptors (Lipinski definition) is 4. The second-order valence-corrected chi connectivity index (χ2v) is 5.37. The predicted molar refractivity (Wildman–Crippen MR) is 95.4 cm³/mol. The van der Waals surface area contributed by atoms with Crippen LogP contribution in [0, 0.1) is 0 Å². The summed E-state index contributed by atoms with van der Waals surface area (Å²) in [5.41, 5.74) is 1.60. The first-order chi connectivity index (χ1) is 12.1. The van der Waals surface area contributed by atoms with Crippen molar-refractivity contribution in [2.45, 2.75) is 19.9 Å². The van der Waals surface area contributed by atoms with Gasteiger partial charge in [-0.05, 0) is 55.8 Å². The summed E-state index contributed by atoms with van der Waals surface area (Å²) in [5.74, 6) is 0.386. The van der Waals surface area contributed by atoms with Gasteiger partial charge in [0.15, 0.2) is 6.61 Å². The highest BCUT2D eigenvalue weighted by atomic mass is 16.5. The van der Waals surface area contributed by atoms with Crippen molar-refractivity contribution in [1.82, 2.24) is 15.6 Å². The zero-order valence-corrected chi connectivity index (χ0v) is 14.3. The standard InChI is InChI=1S/C18H22N4O3/c1-3-20-17(23)12-25-16-6-4-15(5-7-16)22-18(24)21-13(2)14-8-10-19-11-9-14/h4-11,13H,3,12H2,1-2H3,(H,20,23)(H2,21,22,24). The number of ether oxygens (including phenoxy) is 1. The van der Waals surface area contributed by atoms with Gasteiger partial charge in [-0.1, -0.05) is 0 Å². The molecule has 1 unspecified atom stereocenters. The maximum absolute atomic E-state index is 12.0. The van der Waals surface area contributed by atoms with Crippen LogP contribution in [0.1, 0.15) is 25.5 Å². The zero-order valence-electron chi connectivity index (χ0n) is 14.3. The lowest BCUT2D eigenvalue weighted by atomic mass is 10.1. The number of urea groups is 1. The third kappa shape index (κ3) is 6.14. The Hall–Kier alpha value is -3.09. The molecule has 0 fully saturated rings. The number of nitrogens with one attached hydrogen (secondary N) is 3. The van der Waals surface area contributed by atoms with Crippen LogP contribution in [-0.2, 0) is 4.79 Å². The van der Waals surface area contributed by atoms with Crippen LogP contribution in [0.5, 0.6) is 5.75 Å². The molecule has 2 aromatic rings. The molecular formula is C18H22N4O3. The summed E-state index contributed by atoms with van der Waals surface area (Å²) in [6, 6.07) is 10.1. The van der Waals surface area contributed by atoms with Crippen molar-refractivity contribution in [3.63, 3.8) is 0 Å². The minimum Gasteiger partial charge on any atom is -0.484 e. The van der Waals surface area contributed by atoms with Crippen LogP contribution < -0.4 is 20.7 Å². The molecule has 2 rings (SSSR count). The van der Waals surface area contributed by atoms with E-state index >= 15 is 0 Å². The van der Waals surface area contributed by atoms with E-state index < -0.39 is 0 Å². The van der Waals surface area contributed by atoms with Gasteiger partial charge in [-0.25, -0.2) is 4.79 Å². The van der Waals surface area contributed by atoms with Crippen molar-refractivity contribution in [2.75, 3.05) is 18.5 Å². The molecule has 7 heteroatoms. The van der Waals surface area contributed by atoms with Crippen molar-refractivity contribution in [1.29, 1.82) is 0 Å². The van der Waals surface area contributed by atoms with Gasteiger partial charge >= 0.3 is 6.03 Å². The molecule has 0 spiro atoms. The molecule has 3 N–H and O–H groups in total. The number of benzene rings is 1. The maximum atomic E-state index is 12.0. The molecule has 0 saturated carbocycles. The molecular weight excluding hydrogens is 320 g/mol. The van der Waals surface area contributed by atoms with E-state index in [1.807, 2.05) is 26.0 Å². The third-order valence-electron chi connectivity index (χ3n) is 3.41. The first-order valence-electron chi connectivity index (χ1n) is 8.05. The number of likely N-dealkylation sites (N-methyl/N-ethyl adjacent to an activating group) is 1. The summed E-state index contributed by atoms with van der Waals surface area (Å²) < 4.78 is 5.36. The van der Waals surface area contributed by atoms with Gasteiger partial charge in [-0.3, -0.25) is 9.78 Å². The fourth-order valence-electron chi connectivity index (χ4n) is 2.13. The molecule has 0 bridgehead atoms. The van der Waals surface area contributed by atoms with Crippen LogP contribution in [0.25, 0.3) is 0 Å². The lowest BCUT2D eigenvalue weighted by molar-refractivity contribution is -0.122. The van der Waals surface area contributed by atoms with E-state index in [4.69, 9.17) is 4.74 Å². The Balaban J connectivity index is 1.82. The van der Waals surface area contributed by atoms with Crippen LogP contribution >= 0.6 is 0 Å². The van der Waals surface area contributed by atoms with Crippen LogP contribution in [0.15, 0.2) is 48.8 Å². The fourth-order valence-corrected chi connectivity index (χ4v) is 2.13. The van der Waals surface area contributed by atoms with Crippen molar-refractivity contribution in [2.24, 2.45) is 0 Å². The number of rotatable bonds is 7. The van der Waals surface area contributed by atoms with E-state index in [1.54, 1.807) is 36.7 Å². The summed E-state index contributed by atoms with van der Waals surface area (Å²) in [6.45, 7) is 4.27. The van der Waals surface area contributed by atoms with Crippen molar-refractivity contribution < 1.29 is 14.3 Å². The second-order valence-electron chi connectivity index (χ2n) is 5.37. The molecule has 132 valence electrons. The van der Waals surface area contributed by atoms with Crippen LogP contribution in [0.4, 0.5) is 10.5 Å². The molecule has 1 aromatic heterocycles. The minimum absolute atomic E-state index is 0.0372. The number of carbonyl (C=O) groups is 2. The van der Waals surface area contributed by atoms with Gasteiger partial charge in [-0.15, -0.1) is 0 Å². The summed E-state index contributed by atoms with van der Waals surface area (Å²) in [7, 11) is 0. The average Bonchev–Trinajstić information content (AvgIpc) is 2.62. The molecule has 1 aromatic carbocycles. The Morgan fingerprint density at radius 1 is 1.12 bits per heavy atom. The van der Waals surface area contributed by atoms with Crippen molar-refractivity contribution in [3.8, 4) is 5.75 Å². The SMILES string of the molecule is CCNC(=O)COc1ccc(NC(=O)NC(C)c2ccncc2)cc1. The first-order valence-corrected chi connectivity index (χ1v) is 8.05. The Bertz CT molecular complexity index is 689. The van der Waals surface area contributed by atoms with Crippen LogP contribution in [0.3, 0.4) is 0 Å². The summed E-state index contributed by atoms with van der Waals surface area (Å²) >= 11 is 0. The molecule has 0 aliphatic rings. The van der Waals surface area contributed by atoms with E-state index in [0.717, 1.165) is 5.56 Å². The number of amides is 3. The molecule has 0 aliphatic heterocycles. The Labute approximate surface area is 146 Å². The number of aromatic nitrogens is 1. The fraction of sp³-hybridized carbons (Fsp3) is 0.278. The van der Waals surface area contributed by atoms with E-state index in [1.165, 1.54) is 0 Å². The summed E-state index contributed by atoms with van der Waals surface area (Å²) in [6.07, 6.45) is 3.37. The molecule has 0 radical (unpaired) electrons. The monoisotopic (exact) mass is 342 g/mol. The molecule has 0 aliphatic carbocycles. The van der Waals surface area contributed by atoms with Crippen molar-refractivity contribution in [3.05, 3.63) is 54.4 Å². The van der Waals surface area contributed by atoms with Crippen molar-refractivity contribution >= 4 is 17.6 Å². The smallest absolute Gasteiger partial charge is 0.319 e. The Morgan fingerprint density at radius 3 is 2.44 bits per heavy atom. The van der Waals surface area contributed by atoms with Gasteiger partial charge < -0.3 is 20.7 Å². The van der Waals surface area contributed by atoms with Gasteiger partial charge in [0.2, 0.25) is 0 Å². The zero-order chi connectivity index (χ0) is 18.1. The molecule has 1 heterocycles. The van der Waals surface area contributed by atoms with Crippen LogP contribution in [-0.4, -0.2) is 30.1 Å². The number of carbonyl (C=O) groups excluding carboxylic acids is 2. The first kappa shape index (κ1) is 18.3. The highest BCUT2D eigenvalue weighted by molar-refractivity contribution is 5.89. The lowest BCUT2D eigenvalue weighted by Gasteiger charge is -2.15. The number of pyridine rings is 1. The van der Waals surface area contributed by atoms with Gasteiger partial charge in [0, 0.05) is 24.6 Å². The summed E-state index contributed by atoms with van der Waals surface area (Å²) in [4.78, 5) is 27.3. The van der Waals surface area contributed by atoms with Gasteiger partial charge in [0.1, 0.15) is 5.75 Å². The highest BCUT2D eigenvalue weighted by Crippen LogP contribution is 2.16. The molecule has 7 nitrogen and oxygen atoms in total. The summed E-state index contributed by atoms with van der Waals surface area (Å²) in [5, 5.41) is 8.26. The molecule has 25 heavy (non-hydrogen) atoms. The number of nitrogens with zero attached hydrogens (tertiary/aromatic N) is 1. The topological polar surface area (TPSA) is 92.4 Å². The third-order valence-corrected chi connectivity index (χ3v) is 3.41. The average molecular weight is 342 g/mol. The quantitative estimate of drug-likeness (QED) is 0.721. The highest BCUT2D eigenvalue weighted by Gasteiger charge is 2.09. The molecule has 0 saturated heterocycles. The largest absolute Gasteiger partial charge is 0.484 e.